The third kappa shape index (κ3) is 5.62. The molecule has 0 aliphatic heterocycles. The molecule has 0 aliphatic rings. The number of rotatable bonds is 6. The Morgan fingerprint density at radius 2 is 2.05 bits per heavy atom. The van der Waals surface area contributed by atoms with Crippen molar-refractivity contribution in [2.45, 2.75) is 24.8 Å². The molecule has 0 aliphatic carbocycles. The average Bonchev–Trinajstić information content (AvgIpc) is 2.30. The molecule has 0 saturated heterocycles. The smallest absolute Gasteiger partial charge is 0.242 e. The van der Waals surface area contributed by atoms with E-state index in [-0.39, 0.29) is 34.9 Å². The van der Waals surface area contributed by atoms with Gasteiger partial charge in [0.1, 0.15) is 10.7 Å². The van der Waals surface area contributed by atoms with Crippen LogP contribution in [0, 0.1) is 5.82 Å². The van der Waals surface area contributed by atoms with E-state index < -0.39 is 15.8 Å². The van der Waals surface area contributed by atoms with Crippen LogP contribution in [-0.4, -0.2) is 27.5 Å². The summed E-state index contributed by atoms with van der Waals surface area (Å²) in [5.41, 5.74) is 0. The maximum atomic E-state index is 13.0. The highest BCUT2D eigenvalue weighted by Crippen LogP contribution is 2.21. The maximum Gasteiger partial charge on any atom is 0.242 e. The van der Waals surface area contributed by atoms with Gasteiger partial charge in [0, 0.05) is 12.6 Å². The van der Waals surface area contributed by atoms with Gasteiger partial charge in [-0.15, -0.1) is 12.4 Å². The third-order valence-electron chi connectivity index (χ3n) is 2.31. The van der Waals surface area contributed by atoms with Crippen LogP contribution in [-0.2, 0) is 10.0 Å². The van der Waals surface area contributed by atoms with Crippen molar-refractivity contribution in [2.75, 3.05) is 13.1 Å². The summed E-state index contributed by atoms with van der Waals surface area (Å²) in [6, 6.07) is 3.22. The molecule has 19 heavy (non-hydrogen) atoms. The van der Waals surface area contributed by atoms with Gasteiger partial charge in [-0.05, 0) is 31.7 Å². The number of hydrogen-bond donors (Lipinski definition) is 2. The van der Waals surface area contributed by atoms with Crippen LogP contribution in [0.3, 0.4) is 0 Å². The molecule has 1 aromatic rings. The minimum atomic E-state index is -3.79. The van der Waals surface area contributed by atoms with Crippen LogP contribution >= 0.6 is 24.0 Å². The highest BCUT2D eigenvalue weighted by Gasteiger charge is 2.19. The van der Waals surface area contributed by atoms with E-state index in [1.54, 1.807) is 0 Å². The van der Waals surface area contributed by atoms with Crippen LogP contribution in [0.5, 0.6) is 0 Å². The zero-order chi connectivity index (χ0) is 13.8. The Hall–Kier alpha value is -0.400. The summed E-state index contributed by atoms with van der Waals surface area (Å²) in [4.78, 5) is -0.243. The number of benzene rings is 1. The fraction of sp³-hybridized carbons (Fsp3) is 0.455. The monoisotopic (exact) mass is 330 g/mol. The van der Waals surface area contributed by atoms with Crippen LogP contribution in [0.4, 0.5) is 4.39 Å². The summed E-state index contributed by atoms with van der Waals surface area (Å²) in [5.74, 6) is -0.639. The molecule has 8 heteroatoms. The summed E-state index contributed by atoms with van der Waals surface area (Å²) in [6.07, 6.45) is 0. The van der Waals surface area contributed by atoms with Crippen molar-refractivity contribution in [1.82, 2.24) is 10.0 Å². The molecule has 1 atom stereocenters. The van der Waals surface area contributed by atoms with Gasteiger partial charge in [-0.2, -0.15) is 0 Å². The molecule has 0 bridgehead atoms. The molecule has 0 heterocycles. The lowest BCUT2D eigenvalue weighted by Crippen LogP contribution is -2.38. The topological polar surface area (TPSA) is 58.2 Å². The van der Waals surface area contributed by atoms with Crippen molar-refractivity contribution >= 4 is 34.0 Å². The molecule has 0 amide bonds. The molecule has 110 valence electrons. The van der Waals surface area contributed by atoms with Gasteiger partial charge in [-0.25, -0.2) is 17.5 Å². The van der Waals surface area contributed by atoms with Gasteiger partial charge in [0.25, 0.3) is 0 Å². The van der Waals surface area contributed by atoms with Crippen LogP contribution in [0.25, 0.3) is 0 Å². The molecule has 0 fully saturated rings. The van der Waals surface area contributed by atoms with Crippen molar-refractivity contribution < 1.29 is 12.8 Å². The highest BCUT2D eigenvalue weighted by molar-refractivity contribution is 7.89. The summed E-state index contributed by atoms with van der Waals surface area (Å²) >= 11 is 5.76. The van der Waals surface area contributed by atoms with E-state index in [0.717, 1.165) is 18.7 Å². The third-order valence-corrected chi connectivity index (χ3v) is 4.22. The Kier molecular flexibility index (Phi) is 7.85. The quantitative estimate of drug-likeness (QED) is 0.840. The minimum Gasteiger partial charge on any atom is -0.313 e. The second kappa shape index (κ2) is 8.01. The van der Waals surface area contributed by atoms with Crippen molar-refractivity contribution in [2.24, 2.45) is 0 Å². The number of hydrogen-bond acceptors (Lipinski definition) is 3. The van der Waals surface area contributed by atoms with Crippen LogP contribution in [0.1, 0.15) is 13.8 Å². The molecule has 0 saturated carbocycles. The molecule has 1 aromatic carbocycles. The average molecular weight is 331 g/mol. The van der Waals surface area contributed by atoms with E-state index in [1.807, 2.05) is 13.8 Å². The first kappa shape index (κ1) is 18.6. The van der Waals surface area contributed by atoms with Crippen molar-refractivity contribution in [3.63, 3.8) is 0 Å². The lowest BCUT2D eigenvalue weighted by Gasteiger charge is -2.14. The summed E-state index contributed by atoms with van der Waals surface area (Å²) in [6.45, 7) is 4.72. The molecular formula is C11H17Cl2FN2O2S. The first-order valence-electron chi connectivity index (χ1n) is 5.55. The highest BCUT2D eigenvalue weighted by atomic mass is 35.5. The Bertz CT molecular complexity index is 511. The van der Waals surface area contributed by atoms with E-state index in [2.05, 4.69) is 10.0 Å². The van der Waals surface area contributed by atoms with E-state index in [0.29, 0.717) is 0 Å². The van der Waals surface area contributed by atoms with Crippen molar-refractivity contribution in [3.05, 3.63) is 29.0 Å². The predicted octanol–water partition coefficient (Wildman–Crippen LogP) is 2.18. The lowest BCUT2D eigenvalue weighted by atomic mass is 10.3. The van der Waals surface area contributed by atoms with Gasteiger partial charge < -0.3 is 5.32 Å². The lowest BCUT2D eigenvalue weighted by molar-refractivity contribution is 0.535. The van der Waals surface area contributed by atoms with Crippen molar-refractivity contribution in [1.29, 1.82) is 0 Å². The fourth-order valence-electron chi connectivity index (χ4n) is 1.42. The standard InChI is InChI=1S/C11H16ClFN2O2S.ClH/c1-3-14-8(2)7-15-18(16,17)11-6-9(13)4-5-10(11)12;/h4-6,8,14-15H,3,7H2,1-2H3;1H/t8-;/m1./s1. The van der Waals surface area contributed by atoms with Crippen molar-refractivity contribution in [3.8, 4) is 0 Å². The first-order valence-corrected chi connectivity index (χ1v) is 7.41. The first-order chi connectivity index (χ1) is 8.36. The van der Waals surface area contributed by atoms with E-state index in [4.69, 9.17) is 11.6 Å². The Morgan fingerprint density at radius 1 is 1.42 bits per heavy atom. The zero-order valence-electron chi connectivity index (χ0n) is 10.6. The van der Waals surface area contributed by atoms with Crippen LogP contribution < -0.4 is 10.0 Å². The second-order valence-corrected chi connectivity index (χ2v) is 6.03. The Balaban J connectivity index is 0.00000324. The van der Waals surface area contributed by atoms with E-state index in [9.17, 15) is 12.8 Å². The van der Waals surface area contributed by atoms with E-state index in [1.165, 1.54) is 6.07 Å². The predicted molar refractivity (Wildman–Crippen MR) is 77.0 cm³/mol. The fourth-order valence-corrected chi connectivity index (χ4v) is 3.06. The molecule has 2 N–H and O–H groups in total. The molecule has 1 rings (SSSR count). The van der Waals surface area contributed by atoms with Gasteiger partial charge in [-0.3, -0.25) is 0 Å². The van der Waals surface area contributed by atoms with Gasteiger partial charge in [0.2, 0.25) is 10.0 Å². The summed E-state index contributed by atoms with van der Waals surface area (Å²) < 4.78 is 39.3. The molecular weight excluding hydrogens is 314 g/mol. The van der Waals surface area contributed by atoms with Gasteiger partial charge >= 0.3 is 0 Å². The zero-order valence-corrected chi connectivity index (χ0v) is 13.0. The SMILES string of the molecule is CCN[C@H](C)CNS(=O)(=O)c1cc(F)ccc1Cl.Cl. The second-order valence-electron chi connectivity index (χ2n) is 3.89. The summed E-state index contributed by atoms with van der Waals surface area (Å²) in [5, 5.41) is 3.06. The minimum absolute atomic E-state index is 0. The van der Waals surface area contributed by atoms with Gasteiger partial charge in [-0.1, -0.05) is 18.5 Å². The van der Waals surface area contributed by atoms with Crippen LogP contribution in [0.15, 0.2) is 23.1 Å². The molecule has 4 nitrogen and oxygen atoms in total. The number of likely N-dealkylation sites (N-methyl/N-ethyl adjacent to an activating group) is 1. The normalized spacial score (nSPS) is 12.8. The number of halogens is 3. The van der Waals surface area contributed by atoms with Crippen LogP contribution in [0.2, 0.25) is 5.02 Å². The molecule has 0 unspecified atom stereocenters. The molecule has 0 radical (unpaired) electrons. The van der Waals surface area contributed by atoms with Gasteiger partial charge in [0.05, 0.1) is 5.02 Å². The molecule has 0 spiro atoms. The molecule has 0 aromatic heterocycles. The van der Waals surface area contributed by atoms with Gasteiger partial charge in [0.15, 0.2) is 0 Å². The Labute approximate surface area is 124 Å². The summed E-state index contributed by atoms with van der Waals surface area (Å²) in [7, 11) is -3.79. The maximum absolute atomic E-state index is 13.0. The van der Waals surface area contributed by atoms with E-state index >= 15 is 0 Å². The number of sulfonamides is 1. The Morgan fingerprint density at radius 3 is 2.63 bits per heavy atom. The number of nitrogens with one attached hydrogen (secondary N) is 2. The largest absolute Gasteiger partial charge is 0.313 e.